The third-order valence-electron chi connectivity index (χ3n) is 2.55. The van der Waals surface area contributed by atoms with Crippen LogP contribution in [0.25, 0.3) is 0 Å². The van der Waals surface area contributed by atoms with Gasteiger partial charge < -0.3 is 0 Å². The Kier molecular flexibility index (Phi) is 4.16. The molecule has 0 aliphatic heterocycles. The van der Waals surface area contributed by atoms with Crippen molar-refractivity contribution in [2.24, 2.45) is 0 Å². The highest BCUT2D eigenvalue weighted by molar-refractivity contribution is 9.09. The van der Waals surface area contributed by atoms with Gasteiger partial charge in [-0.1, -0.05) is 33.6 Å². The number of rotatable bonds is 2. The zero-order chi connectivity index (χ0) is 14.2. The first-order valence-corrected chi connectivity index (χ1v) is 6.43. The molecule has 0 N–H and O–H groups in total. The van der Waals surface area contributed by atoms with E-state index in [1.807, 2.05) is 0 Å². The molecule has 0 aromatic heterocycles. The minimum absolute atomic E-state index is 0.0958. The molecular formula is C13H6BrClF4. The van der Waals surface area contributed by atoms with Crippen LogP contribution >= 0.6 is 27.5 Å². The van der Waals surface area contributed by atoms with Crippen molar-refractivity contribution in [3.63, 3.8) is 0 Å². The van der Waals surface area contributed by atoms with E-state index in [0.717, 1.165) is 12.1 Å². The molecule has 0 heterocycles. The zero-order valence-electron chi connectivity index (χ0n) is 9.23. The fourth-order valence-electron chi connectivity index (χ4n) is 1.58. The molecule has 0 spiro atoms. The molecule has 0 bridgehead atoms. The van der Waals surface area contributed by atoms with Gasteiger partial charge in [0.1, 0.15) is 11.6 Å². The Morgan fingerprint density at radius 3 is 2.11 bits per heavy atom. The van der Waals surface area contributed by atoms with Gasteiger partial charge in [0.05, 0.1) is 9.85 Å². The summed E-state index contributed by atoms with van der Waals surface area (Å²) in [6.07, 6.45) is 0. The average molecular weight is 354 g/mol. The van der Waals surface area contributed by atoms with E-state index in [1.165, 1.54) is 12.1 Å². The lowest BCUT2D eigenvalue weighted by Crippen LogP contribution is -2.00. The van der Waals surface area contributed by atoms with E-state index >= 15 is 0 Å². The molecule has 1 atom stereocenters. The van der Waals surface area contributed by atoms with Crippen molar-refractivity contribution in [3.8, 4) is 0 Å². The van der Waals surface area contributed by atoms with Gasteiger partial charge in [0.25, 0.3) is 0 Å². The lowest BCUT2D eigenvalue weighted by molar-refractivity contribution is 0.491. The van der Waals surface area contributed by atoms with Gasteiger partial charge in [-0.2, -0.15) is 0 Å². The van der Waals surface area contributed by atoms with Gasteiger partial charge in [-0.25, -0.2) is 17.6 Å². The average Bonchev–Trinajstić information content (AvgIpc) is 2.36. The van der Waals surface area contributed by atoms with E-state index in [0.29, 0.717) is 11.6 Å². The van der Waals surface area contributed by atoms with E-state index in [2.05, 4.69) is 15.9 Å². The van der Waals surface area contributed by atoms with Crippen LogP contribution < -0.4 is 0 Å². The minimum atomic E-state index is -1.27. The fraction of sp³-hybridized carbons (Fsp3) is 0.0769. The van der Waals surface area contributed by atoms with Crippen molar-refractivity contribution in [1.29, 1.82) is 0 Å². The molecule has 1 unspecified atom stereocenters. The Hall–Kier alpha value is -1.07. The Bertz CT molecular complexity index is 630. The highest BCUT2D eigenvalue weighted by atomic mass is 79.9. The summed E-state index contributed by atoms with van der Waals surface area (Å²) < 4.78 is 52.6. The van der Waals surface area contributed by atoms with Gasteiger partial charge >= 0.3 is 0 Å². The highest BCUT2D eigenvalue weighted by Gasteiger charge is 2.19. The number of benzene rings is 2. The van der Waals surface area contributed by atoms with Crippen LogP contribution in [0.1, 0.15) is 16.0 Å². The molecule has 0 saturated heterocycles. The molecule has 0 nitrogen and oxygen atoms in total. The largest absolute Gasteiger partial charge is 0.207 e. The summed E-state index contributed by atoms with van der Waals surface area (Å²) in [5, 5.41) is -0.134. The monoisotopic (exact) mass is 352 g/mol. The lowest BCUT2D eigenvalue weighted by atomic mass is 10.0. The van der Waals surface area contributed by atoms with E-state index in [1.54, 1.807) is 0 Å². The number of hydrogen-bond donors (Lipinski definition) is 0. The summed E-state index contributed by atoms with van der Waals surface area (Å²) in [5.41, 5.74) is 0.331. The molecule has 2 aromatic carbocycles. The molecule has 100 valence electrons. The predicted octanol–water partition coefficient (Wildman–Crippen LogP) is 5.38. The molecule has 0 fully saturated rings. The van der Waals surface area contributed by atoms with Crippen LogP contribution in [0.4, 0.5) is 17.6 Å². The van der Waals surface area contributed by atoms with Crippen LogP contribution in [-0.2, 0) is 0 Å². The maximum atomic E-state index is 13.6. The zero-order valence-corrected chi connectivity index (χ0v) is 11.6. The smallest absolute Gasteiger partial charge is 0.161 e. The van der Waals surface area contributed by atoms with E-state index in [-0.39, 0.29) is 10.6 Å². The maximum Gasteiger partial charge on any atom is 0.161 e. The van der Waals surface area contributed by atoms with Crippen molar-refractivity contribution < 1.29 is 17.6 Å². The Morgan fingerprint density at radius 1 is 0.842 bits per heavy atom. The lowest BCUT2D eigenvalue weighted by Gasteiger charge is -2.12. The number of halogens is 6. The van der Waals surface area contributed by atoms with Gasteiger partial charge in [0, 0.05) is 11.6 Å². The molecule has 0 aliphatic carbocycles. The molecule has 19 heavy (non-hydrogen) atoms. The quantitative estimate of drug-likeness (QED) is 0.386. The summed E-state index contributed by atoms with van der Waals surface area (Å²) in [4.78, 5) is -0.763. The summed E-state index contributed by atoms with van der Waals surface area (Å²) in [5.74, 6) is -3.94. The minimum Gasteiger partial charge on any atom is -0.207 e. The highest BCUT2D eigenvalue weighted by Crippen LogP contribution is 2.34. The first-order valence-electron chi connectivity index (χ1n) is 5.13. The third-order valence-corrected chi connectivity index (χ3v) is 3.86. The summed E-state index contributed by atoms with van der Waals surface area (Å²) in [7, 11) is 0. The second kappa shape index (κ2) is 5.51. The van der Waals surface area contributed by atoms with Crippen LogP contribution in [-0.4, -0.2) is 0 Å². The van der Waals surface area contributed by atoms with Gasteiger partial charge in [-0.15, -0.1) is 0 Å². The molecule has 2 rings (SSSR count). The normalized spacial score (nSPS) is 12.5. The van der Waals surface area contributed by atoms with Gasteiger partial charge in [-0.05, 0) is 23.8 Å². The second-order valence-corrected chi connectivity index (χ2v) is 5.15. The van der Waals surface area contributed by atoms with Crippen LogP contribution in [0.5, 0.6) is 0 Å². The molecule has 0 amide bonds. The van der Waals surface area contributed by atoms with Crippen LogP contribution in [0.2, 0.25) is 5.02 Å². The van der Waals surface area contributed by atoms with E-state index in [9.17, 15) is 17.6 Å². The van der Waals surface area contributed by atoms with Gasteiger partial charge in [0.15, 0.2) is 11.6 Å². The number of hydrogen-bond acceptors (Lipinski definition) is 0. The Balaban J connectivity index is 2.46. The molecule has 0 radical (unpaired) electrons. The van der Waals surface area contributed by atoms with Crippen molar-refractivity contribution in [3.05, 3.63) is 69.8 Å². The molecule has 0 aliphatic rings. The number of alkyl halides is 1. The summed E-state index contributed by atoms with van der Waals surface area (Å²) in [6.45, 7) is 0. The first kappa shape index (κ1) is 14.3. The van der Waals surface area contributed by atoms with Crippen LogP contribution in [0.15, 0.2) is 30.3 Å². The van der Waals surface area contributed by atoms with Gasteiger partial charge in [0.2, 0.25) is 0 Å². The van der Waals surface area contributed by atoms with Crippen molar-refractivity contribution in [1.82, 2.24) is 0 Å². The standard InChI is InChI=1S/C13H6BrClF4/c14-13(6-1-2-9(16)8(15)3-6)7-4-11(18)12(19)5-10(7)17/h1-5,13H. The summed E-state index contributed by atoms with van der Waals surface area (Å²) in [6, 6.07) is 4.99. The molecule has 2 aromatic rings. The van der Waals surface area contributed by atoms with Crippen LogP contribution in [0, 0.1) is 23.3 Å². The van der Waals surface area contributed by atoms with Crippen molar-refractivity contribution in [2.75, 3.05) is 0 Å². The third kappa shape index (κ3) is 2.92. The molecular weight excluding hydrogens is 347 g/mol. The molecule has 0 saturated carbocycles. The topological polar surface area (TPSA) is 0 Å². The second-order valence-electron chi connectivity index (χ2n) is 3.82. The van der Waals surface area contributed by atoms with Crippen molar-refractivity contribution >= 4 is 27.5 Å². The summed E-state index contributed by atoms with van der Waals surface area (Å²) >= 11 is 8.77. The SMILES string of the molecule is Fc1cc(F)c(C(Br)c2ccc(F)c(Cl)c2)cc1F. The predicted molar refractivity (Wildman–Crippen MR) is 68.5 cm³/mol. The Labute approximate surface area is 120 Å². The maximum absolute atomic E-state index is 13.6. The van der Waals surface area contributed by atoms with E-state index < -0.39 is 28.1 Å². The van der Waals surface area contributed by atoms with E-state index in [4.69, 9.17) is 11.6 Å². The fourth-order valence-corrected chi connectivity index (χ4v) is 2.41. The van der Waals surface area contributed by atoms with Gasteiger partial charge in [-0.3, -0.25) is 0 Å². The molecule has 6 heteroatoms. The van der Waals surface area contributed by atoms with Crippen LogP contribution in [0.3, 0.4) is 0 Å². The first-order chi connectivity index (χ1) is 8.90. The van der Waals surface area contributed by atoms with Crippen molar-refractivity contribution in [2.45, 2.75) is 4.83 Å². The Morgan fingerprint density at radius 2 is 1.47 bits per heavy atom.